The monoisotopic (exact) mass is 789 g/mol. The molecule has 0 bridgehead atoms. The van der Waals surface area contributed by atoms with Crippen LogP contribution in [0, 0.1) is 23.1 Å². The van der Waals surface area contributed by atoms with Gasteiger partial charge >= 0.3 is 12.0 Å². The third-order valence-corrected chi connectivity index (χ3v) is 10.9. The molecule has 15 heteroatoms. The number of amides is 4. The highest BCUT2D eigenvalue weighted by atomic mass is 19.3. The standard InChI is InChI=1S/C42H50F3N7O5/c1-7-24(5)34(48-33(54)22-26-14-11-12-17-30(26)43)32(53)19-21-41(20-18-31-28(23-41)27-15-13-16-29(36(27)47-31)42(44,45)9-3)38(55)49-35(25(6)8-2)37-51-52-40(57-37)50-39(56)46-10-4/h9,11-17,19,21,24-25,34-35,47H,3,7-8,10,18,20,22-23H2,1-2,4-6H3,(H,48,54)(H,49,55)(H2,46,50,52,56)/b21-19+/t24?,25?,34-,35-,41-/m0/s1. The highest BCUT2D eigenvalue weighted by Crippen LogP contribution is 2.44. The number of fused-ring (bicyclic) bond motifs is 3. The number of allylic oxidation sites excluding steroid dienone is 1. The largest absolute Gasteiger partial charge is 0.405 e. The number of anilines is 1. The fraction of sp³-hybridized carbons (Fsp3) is 0.429. The van der Waals surface area contributed by atoms with Crippen LogP contribution in [0.1, 0.15) is 88.2 Å². The van der Waals surface area contributed by atoms with Gasteiger partial charge in [0, 0.05) is 23.2 Å². The Hall–Kier alpha value is -5.73. The van der Waals surface area contributed by atoms with E-state index in [4.69, 9.17) is 4.42 Å². The first-order valence-electron chi connectivity index (χ1n) is 19.3. The van der Waals surface area contributed by atoms with E-state index in [0.29, 0.717) is 42.1 Å². The molecule has 0 radical (unpaired) electrons. The Kier molecular flexibility index (Phi) is 13.4. The maximum absolute atomic E-state index is 15.0. The van der Waals surface area contributed by atoms with Gasteiger partial charge in [-0.1, -0.05) is 94.7 Å². The van der Waals surface area contributed by atoms with E-state index in [0.717, 1.165) is 0 Å². The summed E-state index contributed by atoms with van der Waals surface area (Å²) < 4.78 is 50.3. The molecule has 304 valence electrons. The van der Waals surface area contributed by atoms with E-state index in [1.54, 1.807) is 19.1 Å². The number of para-hydroxylation sites is 1. The van der Waals surface area contributed by atoms with Crippen LogP contribution in [-0.2, 0) is 39.6 Å². The summed E-state index contributed by atoms with van der Waals surface area (Å²) in [6.07, 6.45) is 4.77. The van der Waals surface area contributed by atoms with Crippen LogP contribution in [0.25, 0.3) is 10.9 Å². The molecule has 1 aliphatic carbocycles. The molecule has 2 aromatic heterocycles. The summed E-state index contributed by atoms with van der Waals surface area (Å²) in [7, 11) is 0. The molecule has 2 aromatic carbocycles. The lowest BCUT2D eigenvalue weighted by atomic mass is 9.71. The van der Waals surface area contributed by atoms with Gasteiger partial charge in [-0.15, -0.1) is 5.10 Å². The van der Waals surface area contributed by atoms with Crippen molar-refractivity contribution in [2.24, 2.45) is 17.3 Å². The second-order valence-electron chi connectivity index (χ2n) is 14.7. The molecule has 0 saturated heterocycles. The summed E-state index contributed by atoms with van der Waals surface area (Å²) in [6.45, 7) is 12.9. The quantitative estimate of drug-likeness (QED) is 0.0549. The first kappa shape index (κ1) is 42.4. The van der Waals surface area contributed by atoms with Gasteiger partial charge in [-0.3, -0.25) is 19.7 Å². The average molecular weight is 790 g/mol. The number of ketones is 1. The Morgan fingerprint density at radius 3 is 2.44 bits per heavy atom. The second-order valence-corrected chi connectivity index (χ2v) is 14.7. The molecule has 4 amide bonds. The molecule has 4 aromatic rings. The van der Waals surface area contributed by atoms with Crippen LogP contribution in [0.4, 0.5) is 24.0 Å². The minimum atomic E-state index is -3.33. The van der Waals surface area contributed by atoms with Crippen LogP contribution in [0.5, 0.6) is 0 Å². The van der Waals surface area contributed by atoms with E-state index in [1.807, 2.05) is 27.7 Å². The van der Waals surface area contributed by atoms with Crippen molar-refractivity contribution in [2.75, 3.05) is 11.9 Å². The summed E-state index contributed by atoms with van der Waals surface area (Å²) in [4.78, 5) is 57.3. The van der Waals surface area contributed by atoms with Gasteiger partial charge in [-0.2, -0.15) is 8.78 Å². The van der Waals surface area contributed by atoms with E-state index in [2.05, 4.69) is 43.0 Å². The van der Waals surface area contributed by atoms with E-state index in [1.165, 1.54) is 42.5 Å². The van der Waals surface area contributed by atoms with Crippen molar-refractivity contribution in [3.63, 3.8) is 0 Å². The van der Waals surface area contributed by atoms with Gasteiger partial charge in [-0.05, 0) is 67.4 Å². The average Bonchev–Trinajstić information content (AvgIpc) is 3.82. The van der Waals surface area contributed by atoms with E-state index in [9.17, 15) is 23.6 Å². The molecule has 0 fully saturated rings. The number of alkyl halides is 2. The van der Waals surface area contributed by atoms with Crippen LogP contribution < -0.4 is 21.3 Å². The van der Waals surface area contributed by atoms with Crippen LogP contribution in [0.15, 0.2) is 71.7 Å². The maximum Gasteiger partial charge on any atom is 0.323 e. The molecule has 5 rings (SSSR count). The third kappa shape index (κ3) is 9.46. The minimum Gasteiger partial charge on any atom is -0.405 e. The van der Waals surface area contributed by atoms with Crippen molar-refractivity contribution in [2.45, 2.75) is 91.1 Å². The lowest BCUT2D eigenvalue weighted by Crippen LogP contribution is -2.47. The maximum atomic E-state index is 15.0. The first-order valence-corrected chi connectivity index (χ1v) is 19.3. The Balaban J connectivity index is 1.52. The summed E-state index contributed by atoms with van der Waals surface area (Å²) in [5.74, 6) is -5.84. The van der Waals surface area contributed by atoms with Crippen LogP contribution >= 0.6 is 0 Å². The van der Waals surface area contributed by atoms with Crippen molar-refractivity contribution in [3.8, 4) is 0 Å². The number of hydrogen-bond acceptors (Lipinski definition) is 7. The van der Waals surface area contributed by atoms with Gasteiger partial charge in [0.05, 0.1) is 23.4 Å². The molecular formula is C42H50F3N7O5. The Bertz CT molecular complexity index is 2150. The van der Waals surface area contributed by atoms with Gasteiger partial charge in [0.2, 0.25) is 17.7 Å². The molecule has 0 saturated carbocycles. The lowest BCUT2D eigenvalue weighted by Gasteiger charge is -2.35. The normalized spacial score (nSPS) is 17.6. The highest BCUT2D eigenvalue weighted by molar-refractivity contribution is 5.99. The fourth-order valence-electron chi connectivity index (χ4n) is 7.09. The third-order valence-electron chi connectivity index (χ3n) is 10.9. The number of carbonyl (C=O) groups is 4. The van der Waals surface area contributed by atoms with E-state index in [-0.39, 0.29) is 66.1 Å². The lowest BCUT2D eigenvalue weighted by molar-refractivity contribution is -0.130. The zero-order chi connectivity index (χ0) is 41.5. The second kappa shape index (κ2) is 18.0. The molecule has 1 aliphatic rings. The summed E-state index contributed by atoms with van der Waals surface area (Å²) in [5.41, 5.74) is 0.112. The van der Waals surface area contributed by atoms with Crippen LogP contribution in [0.2, 0.25) is 0 Å². The zero-order valence-corrected chi connectivity index (χ0v) is 32.8. The van der Waals surface area contributed by atoms with Gasteiger partial charge in [0.25, 0.3) is 5.92 Å². The van der Waals surface area contributed by atoms with Crippen molar-refractivity contribution in [3.05, 3.63) is 101 Å². The highest BCUT2D eigenvalue weighted by Gasteiger charge is 2.44. The van der Waals surface area contributed by atoms with Gasteiger partial charge < -0.3 is 25.4 Å². The fourth-order valence-corrected chi connectivity index (χ4v) is 7.09. The van der Waals surface area contributed by atoms with Crippen molar-refractivity contribution in [1.29, 1.82) is 0 Å². The Morgan fingerprint density at radius 2 is 1.75 bits per heavy atom. The number of halogens is 3. The number of nitrogens with zero attached hydrogens (tertiary/aromatic N) is 2. The molecule has 2 unspecified atom stereocenters. The van der Waals surface area contributed by atoms with E-state index < -0.39 is 52.9 Å². The summed E-state index contributed by atoms with van der Waals surface area (Å²) in [5, 5.41) is 19.5. The number of aryl methyl sites for hydroxylation is 1. The molecule has 5 N–H and O–H groups in total. The smallest absolute Gasteiger partial charge is 0.323 e. The topological polar surface area (TPSA) is 171 Å². The van der Waals surface area contributed by atoms with Crippen molar-refractivity contribution in [1.82, 2.24) is 31.1 Å². The number of aromatic amines is 1. The van der Waals surface area contributed by atoms with Gasteiger partial charge in [-0.25, -0.2) is 9.18 Å². The number of nitrogens with one attached hydrogen (secondary N) is 5. The number of hydrogen-bond donors (Lipinski definition) is 5. The number of H-pyrrole nitrogens is 1. The minimum absolute atomic E-state index is 0.0375. The number of urea groups is 1. The van der Waals surface area contributed by atoms with Crippen molar-refractivity contribution >= 4 is 40.5 Å². The Morgan fingerprint density at radius 1 is 1.02 bits per heavy atom. The molecule has 57 heavy (non-hydrogen) atoms. The molecule has 5 atom stereocenters. The van der Waals surface area contributed by atoms with Gasteiger partial charge in [0.1, 0.15) is 11.9 Å². The molecular weight excluding hydrogens is 739 g/mol. The van der Waals surface area contributed by atoms with Crippen LogP contribution in [-0.4, -0.2) is 51.4 Å². The number of aromatic nitrogens is 3. The summed E-state index contributed by atoms with van der Waals surface area (Å²) >= 11 is 0. The van der Waals surface area contributed by atoms with Gasteiger partial charge in [0.15, 0.2) is 5.78 Å². The Labute approximate surface area is 329 Å². The molecule has 0 spiro atoms. The zero-order valence-electron chi connectivity index (χ0n) is 32.8. The number of benzene rings is 2. The van der Waals surface area contributed by atoms with Crippen molar-refractivity contribution < 1.29 is 36.8 Å². The molecule has 0 aliphatic heterocycles. The number of carbonyl (C=O) groups excluding carboxylic acids is 4. The first-order chi connectivity index (χ1) is 27.2. The predicted octanol–water partition coefficient (Wildman–Crippen LogP) is 7.39. The number of rotatable bonds is 17. The summed E-state index contributed by atoms with van der Waals surface area (Å²) in [6, 6.07) is 7.97. The molecule has 2 heterocycles. The predicted molar refractivity (Wildman–Crippen MR) is 210 cm³/mol. The molecule has 12 nitrogen and oxygen atoms in total. The van der Waals surface area contributed by atoms with Crippen LogP contribution in [0.3, 0.4) is 0 Å². The van der Waals surface area contributed by atoms with E-state index >= 15 is 8.78 Å². The SMILES string of the molecule is C=CC(F)(F)c1cccc2c3c([nH]c12)CC[C@@](/C=C/C(=O)[C@@H](NC(=O)Cc1ccccc1F)C(C)CC)(C(=O)N[C@H](c1nnc(NC(=O)NCC)o1)C(C)CC)C3.